The molecule has 0 spiro atoms. The predicted molar refractivity (Wildman–Crippen MR) is 100 cm³/mol. The lowest BCUT2D eigenvalue weighted by atomic mass is 10.0. The Balaban J connectivity index is 1.77. The van der Waals surface area contributed by atoms with Crippen LogP contribution < -0.4 is 5.32 Å². The summed E-state index contributed by atoms with van der Waals surface area (Å²) in [7, 11) is 0. The average Bonchev–Trinajstić information content (AvgIpc) is 2.70. The van der Waals surface area contributed by atoms with Crippen molar-refractivity contribution in [3.63, 3.8) is 0 Å². The van der Waals surface area contributed by atoms with Gasteiger partial charge in [-0.2, -0.15) is 0 Å². The van der Waals surface area contributed by atoms with Gasteiger partial charge in [-0.15, -0.1) is 0 Å². The van der Waals surface area contributed by atoms with Crippen LogP contribution in [0.1, 0.15) is 28.9 Å². The van der Waals surface area contributed by atoms with Gasteiger partial charge in [0.15, 0.2) is 0 Å². The number of pyridine rings is 1. The van der Waals surface area contributed by atoms with Crippen molar-refractivity contribution in [2.75, 3.05) is 44.8 Å². The van der Waals surface area contributed by atoms with Crippen molar-refractivity contribution >= 4 is 11.8 Å². The predicted octanol–water partition coefficient (Wildman–Crippen LogP) is 2.74. The molecular weight excluding hydrogens is 330 g/mol. The normalized spacial score (nSPS) is 16.0. The molecule has 1 atom stereocenters. The van der Waals surface area contributed by atoms with Gasteiger partial charge in [0.05, 0.1) is 25.9 Å². The van der Waals surface area contributed by atoms with Gasteiger partial charge in [-0.25, -0.2) is 9.78 Å². The minimum absolute atomic E-state index is 0.178. The standard InChI is InChI=1S/C20H25N3O3/c1-2-26-20(24)17-9-6-10-21-19(17)22-15-18(16-7-4-3-5-8-16)23-11-13-25-14-12-23/h3-10,18H,2,11-15H2,1H3,(H,21,22)/t18-/m1/s1. The zero-order valence-electron chi connectivity index (χ0n) is 15.1. The molecule has 1 aliphatic heterocycles. The van der Waals surface area contributed by atoms with E-state index in [1.54, 1.807) is 25.3 Å². The van der Waals surface area contributed by atoms with E-state index in [2.05, 4.69) is 27.3 Å². The summed E-state index contributed by atoms with van der Waals surface area (Å²) in [5.74, 6) is 0.200. The largest absolute Gasteiger partial charge is 0.462 e. The molecule has 1 fully saturated rings. The Kier molecular flexibility index (Phi) is 6.57. The summed E-state index contributed by atoms with van der Waals surface area (Å²) in [6.07, 6.45) is 1.68. The summed E-state index contributed by atoms with van der Waals surface area (Å²) in [4.78, 5) is 18.9. The van der Waals surface area contributed by atoms with Gasteiger partial charge in [0.2, 0.25) is 0 Å². The summed E-state index contributed by atoms with van der Waals surface area (Å²) >= 11 is 0. The molecule has 0 bridgehead atoms. The third kappa shape index (κ3) is 4.59. The third-order valence-corrected chi connectivity index (χ3v) is 4.44. The number of nitrogens with zero attached hydrogens (tertiary/aromatic N) is 2. The Hall–Kier alpha value is -2.44. The van der Waals surface area contributed by atoms with Crippen LogP contribution in [0.5, 0.6) is 0 Å². The lowest BCUT2D eigenvalue weighted by Gasteiger charge is -2.35. The number of carbonyl (C=O) groups is 1. The van der Waals surface area contributed by atoms with Crippen LogP contribution in [0.4, 0.5) is 5.82 Å². The summed E-state index contributed by atoms with van der Waals surface area (Å²) in [5.41, 5.74) is 1.69. The minimum atomic E-state index is -0.356. The number of nitrogens with one attached hydrogen (secondary N) is 1. The van der Waals surface area contributed by atoms with Gasteiger partial charge < -0.3 is 14.8 Å². The number of ether oxygens (including phenoxy) is 2. The van der Waals surface area contributed by atoms with Crippen LogP contribution in [0.3, 0.4) is 0 Å². The second-order valence-corrected chi connectivity index (χ2v) is 6.08. The molecule has 1 aromatic heterocycles. The first kappa shape index (κ1) is 18.4. The van der Waals surface area contributed by atoms with Crippen molar-refractivity contribution in [2.24, 2.45) is 0 Å². The van der Waals surface area contributed by atoms with E-state index < -0.39 is 0 Å². The van der Waals surface area contributed by atoms with Crippen LogP contribution in [0.25, 0.3) is 0 Å². The lowest BCUT2D eigenvalue weighted by Crippen LogP contribution is -2.41. The van der Waals surface area contributed by atoms with E-state index in [4.69, 9.17) is 9.47 Å². The molecule has 0 saturated carbocycles. The molecule has 138 valence electrons. The van der Waals surface area contributed by atoms with Gasteiger partial charge in [0.1, 0.15) is 11.4 Å². The second-order valence-electron chi connectivity index (χ2n) is 6.08. The number of rotatable bonds is 7. The molecule has 0 unspecified atom stereocenters. The highest BCUT2D eigenvalue weighted by atomic mass is 16.5. The Bertz CT molecular complexity index is 702. The first-order valence-electron chi connectivity index (χ1n) is 9.02. The third-order valence-electron chi connectivity index (χ3n) is 4.44. The van der Waals surface area contributed by atoms with Crippen LogP contribution >= 0.6 is 0 Å². The Morgan fingerprint density at radius 1 is 1.23 bits per heavy atom. The number of aromatic nitrogens is 1. The van der Waals surface area contributed by atoms with E-state index in [1.165, 1.54) is 5.56 Å². The minimum Gasteiger partial charge on any atom is -0.462 e. The summed E-state index contributed by atoms with van der Waals surface area (Å²) < 4.78 is 10.6. The van der Waals surface area contributed by atoms with E-state index >= 15 is 0 Å². The zero-order valence-corrected chi connectivity index (χ0v) is 15.1. The molecular formula is C20H25N3O3. The molecule has 3 rings (SSSR count). The van der Waals surface area contributed by atoms with Crippen LogP contribution in [-0.4, -0.2) is 55.3 Å². The maximum Gasteiger partial charge on any atom is 0.341 e. The van der Waals surface area contributed by atoms with Crippen molar-refractivity contribution in [3.8, 4) is 0 Å². The molecule has 1 aliphatic rings. The van der Waals surface area contributed by atoms with Crippen molar-refractivity contribution in [3.05, 3.63) is 59.8 Å². The summed E-state index contributed by atoms with van der Waals surface area (Å²) in [6.45, 7) is 6.02. The smallest absolute Gasteiger partial charge is 0.341 e. The van der Waals surface area contributed by atoms with Gasteiger partial charge in [0, 0.05) is 25.8 Å². The second kappa shape index (κ2) is 9.31. The van der Waals surface area contributed by atoms with E-state index in [9.17, 15) is 4.79 Å². The molecule has 1 aromatic carbocycles. The molecule has 2 aromatic rings. The SMILES string of the molecule is CCOC(=O)c1cccnc1NC[C@H](c1ccccc1)N1CCOCC1. The zero-order chi connectivity index (χ0) is 18.2. The molecule has 26 heavy (non-hydrogen) atoms. The highest BCUT2D eigenvalue weighted by Crippen LogP contribution is 2.23. The number of anilines is 1. The fourth-order valence-corrected chi connectivity index (χ4v) is 3.14. The number of benzene rings is 1. The summed E-state index contributed by atoms with van der Waals surface area (Å²) in [6, 6.07) is 14.0. The fraction of sp³-hybridized carbons (Fsp3) is 0.400. The highest BCUT2D eigenvalue weighted by Gasteiger charge is 2.23. The summed E-state index contributed by atoms with van der Waals surface area (Å²) in [5, 5.41) is 3.35. The number of hydrogen-bond donors (Lipinski definition) is 1. The van der Waals surface area contributed by atoms with E-state index in [1.807, 2.05) is 18.2 Å². The topological polar surface area (TPSA) is 63.7 Å². The number of morpholine rings is 1. The van der Waals surface area contributed by atoms with Crippen molar-refractivity contribution in [2.45, 2.75) is 13.0 Å². The molecule has 0 amide bonds. The highest BCUT2D eigenvalue weighted by molar-refractivity contribution is 5.94. The van der Waals surface area contributed by atoms with Gasteiger partial charge in [-0.3, -0.25) is 4.90 Å². The van der Waals surface area contributed by atoms with Gasteiger partial charge in [-0.1, -0.05) is 30.3 Å². The number of hydrogen-bond acceptors (Lipinski definition) is 6. The van der Waals surface area contributed by atoms with Crippen LogP contribution in [0.2, 0.25) is 0 Å². The molecule has 6 heteroatoms. The van der Waals surface area contributed by atoms with Crippen LogP contribution in [-0.2, 0) is 9.47 Å². The van der Waals surface area contributed by atoms with Gasteiger partial charge >= 0.3 is 5.97 Å². The van der Waals surface area contributed by atoms with Gasteiger partial charge in [0.25, 0.3) is 0 Å². The molecule has 2 heterocycles. The average molecular weight is 355 g/mol. The van der Waals surface area contributed by atoms with E-state index in [0.29, 0.717) is 24.5 Å². The quantitative estimate of drug-likeness (QED) is 0.771. The van der Waals surface area contributed by atoms with E-state index in [0.717, 1.165) is 26.3 Å². The molecule has 1 N–H and O–H groups in total. The lowest BCUT2D eigenvalue weighted by molar-refractivity contribution is 0.0187. The van der Waals surface area contributed by atoms with Crippen molar-refractivity contribution < 1.29 is 14.3 Å². The molecule has 1 saturated heterocycles. The Labute approximate surface area is 154 Å². The maximum atomic E-state index is 12.2. The first-order chi connectivity index (χ1) is 12.8. The van der Waals surface area contributed by atoms with Crippen molar-refractivity contribution in [1.82, 2.24) is 9.88 Å². The molecule has 6 nitrogen and oxygen atoms in total. The molecule has 0 aliphatic carbocycles. The van der Waals surface area contributed by atoms with Crippen molar-refractivity contribution in [1.29, 1.82) is 0 Å². The van der Waals surface area contributed by atoms with Crippen LogP contribution in [0, 0.1) is 0 Å². The first-order valence-corrected chi connectivity index (χ1v) is 9.02. The van der Waals surface area contributed by atoms with Crippen LogP contribution in [0.15, 0.2) is 48.7 Å². The maximum absolute atomic E-state index is 12.2. The number of carbonyl (C=O) groups excluding carboxylic acids is 1. The number of esters is 1. The Morgan fingerprint density at radius 2 is 2.00 bits per heavy atom. The monoisotopic (exact) mass is 355 g/mol. The molecule has 0 radical (unpaired) electrons. The fourth-order valence-electron chi connectivity index (χ4n) is 3.14. The van der Waals surface area contributed by atoms with Gasteiger partial charge in [-0.05, 0) is 24.6 Å². The Morgan fingerprint density at radius 3 is 2.73 bits per heavy atom. The van der Waals surface area contributed by atoms with E-state index in [-0.39, 0.29) is 12.0 Å².